The minimum Gasteiger partial charge on any atom is -0.493 e. The lowest BCUT2D eigenvalue weighted by molar-refractivity contribution is 0.0807. The molecule has 14 nitrogen and oxygen atoms in total. The topological polar surface area (TPSA) is 221 Å². The summed E-state index contributed by atoms with van der Waals surface area (Å²) in [6, 6.07) is 43.9. The molecule has 6 aliphatic rings. The van der Waals surface area contributed by atoms with Crippen LogP contribution in [-0.2, 0) is 0 Å². The molecular weight excluding hydrogens is 1480 g/mol. The van der Waals surface area contributed by atoms with E-state index < -0.39 is 24.4 Å². The molecule has 0 radical (unpaired) electrons. The molecule has 0 aliphatic heterocycles. The van der Waals surface area contributed by atoms with Crippen molar-refractivity contribution in [1.29, 1.82) is 5.41 Å². The van der Waals surface area contributed by atoms with Gasteiger partial charge in [-0.2, -0.15) is 0 Å². The highest BCUT2D eigenvalue weighted by molar-refractivity contribution is 5.79. The van der Waals surface area contributed by atoms with Gasteiger partial charge in [-0.1, -0.05) is 217 Å². The van der Waals surface area contributed by atoms with Crippen LogP contribution in [0.1, 0.15) is 338 Å². The molecule has 0 saturated heterocycles. The Bertz CT molecular complexity index is 3560. The lowest BCUT2D eigenvalue weighted by Crippen LogP contribution is -2.24. The molecule has 6 aliphatic carbocycles. The van der Waals surface area contributed by atoms with E-state index in [1.165, 1.54) is 102 Å². The zero-order valence-corrected chi connectivity index (χ0v) is 72.1. The first kappa shape index (κ1) is 99.6. The first-order valence-electron chi connectivity index (χ1n) is 45.4. The minimum absolute atomic E-state index is 0. The van der Waals surface area contributed by atoms with Crippen LogP contribution in [-0.4, -0.2) is 99.4 Å². The Labute approximate surface area is 711 Å². The van der Waals surface area contributed by atoms with Crippen LogP contribution >= 0.6 is 0 Å². The van der Waals surface area contributed by atoms with E-state index in [4.69, 9.17) is 33.8 Å². The zero-order chi connectivity index (χ0) is 83.6. The lowest BCUT2D eigenvalue weighted by Gasteiger charge is -2.25. The van der Waals surface area contributed by atoms with Crippen molar-refractivity contribution < 1.29 is 68.6 Å². The highest BCUT2D eigenvalue weighted by Crippen LogP contribution is 2.34. The molecule has 0 amide bonds. The average Bonchev–Trinajstić information content (AvgIpc) is 0.887. The molecule has 1 unspecified atom stereocenters. The predicted molar refractivity (Wildman–Crippen MR) is 481 cm³/mol. The van der Waals surface area contributed by atoms with Crippen molar-refractivity contribution in [1.82, 2.24) is 0 Å². The Balaban J connectivity index is 0.000000219. The summed E-state index contributed by atoms with van der Waals surface area (Å²) in [5.41, 5.74) is 6.02. The second-order valence-electron chi connectivity index (χ2n) is 33.9. The molecule has 10 atom stereocenters. The Morgan fingerprint density at radius 3 is 1.05 bits per heavy atom. The van der Waals surface area contributed by atoms with Gasteiger partial charge < -0.3 is 69.6 Å². The summed E-state index contributed by atoms with van der Waals surface area (Å²) in [5, 5.41) is 76.5. The van der Waals surface area contributed by atoms with E-state index in [0.717, 1.165) is 216 Å². The number of hydrogen-bond acceptors (Lipinski definition) is 14. The summed E-state index contributed by atoms with van der Waals surface area (Å²) in [5.74, 6) is 14.3. The monoisotopic (exact) mass is 1630 g/mol. The number of aliphatic hydroxyl groups excluding tert-OH is 7. The van der Waals surface area contributed by atoms with Crippen molar-refractivity contribution in [2.24, 2.45) is 35.5 Å². The Morgan fingerprint density at radius 1 is 0.398 bits per heavy atom. The van der Waals surface area contributed by atoms with Gasteiger partial charge in [0.2, 0.25) is 0 Å². The number of benzene rings is 6. The van der Waals surface area contributed by atoms with Gasteiger partial charge in [-0.15, -0.1) is 0 Å². The first-order chi connectivity index (χ1) is 56.9. The first-order valence-corrected chi connectivity index (χ1v) is 45.4. The van der Waals surface area contributed by atoms with Crippen molar-refractivity contribution in [3.63, 3.8) is 0 Å². The summed E-state index contributed by atoms with van der Waals surface area (Å²) < 4.78 is 48.6. The van der Waals surface area contributed by atoms with Crippen LogP contribution in [0, 0.1) is 58.6 Å². The maximum Gasteiger partial charge on any atom is 0.127 e. The minimum atomic E-state index is -0.606. The van der Waals surface area contributed by atoms with E-state index in [1.54, 1.807) is 13.0 Å². The van der Waals surface area contributed by atoms with Gasteiger partial charge in [0, 0.05) is 30.2 Å². The standard InChI is InChI=1S/C17H23FO.C17H25NO2.3C17H26O3.C17H22O.CH4/c1-2-3-7-15-10-16(18)12-17(11-15)19-13-14-8-5-4-6-9-14;1-13(18)10-17(19)15-8-5-9-16(11-15)20-12-14-6-3-2-4-7-14;3*1-2-5-17(19)14-7-4-9-16(11-14)20-12-13-6-3-8-15(18)10-13;1-2-3-8-15-11-7-12-17(13-15)18-14-16-9-5-4-6-10-16;/h3,7,10-12,14H,2,4-6,8-9,13H2,1H3;5,8-9,11,14,17-19H,2-4,6-7,10,12H2,1H3;3*4,7,9,11,13,15,17-19H,2-3,5-6,8,10,12H2,1H3;7,11-13,16H,2,4-6,9-10,14H2,1H3;1H4/b7-3+;;;;;;/t;;13-,15+,17+;13-,15+,17-;13-,15-,17-;;/m..011../s1. The van der Waals surface area contributed by atoms with Gasteiger partial charge in [0.15, 0.2) is 0 Å². The van der Waals surface area contributed by atoms with Gasteiger partial charge in [0.25, 0.3) is 0 Å². The quantitative estimate of drug-likeness (QED) is 0.0146. The molecule has 6 aromatic carbocycles. The largest absolute Gasteiger partial charge is 0.493 e. The lowest BCUT2D eigenvalue weighted by atomic mass is 9.88. The highest BCUT2D eigenvalue weighted by atomic mass is 19.1. The van der Waals surface area contributed by atoms with Crippen LogP contribution in [0.5, 0.6) is 34.5 Å². The molecule has 6 fully saturated rings. The normalized spacial score (nSPS) is 20.5. The van der Waals surface area contributed by atoms with Gasteiger partial charge in [0.05, 0.1) is 82.4 Å². The number of halogens is 1. The molecule has 0 aromatic heterocycles. The molecule has 15 heteroatoms. The molecule has 6 aromatic rings. The summed E-state index contributed by atoms with van der Waals surface area (Å²) >= 11 is 0. The summed E-state index contributed by atoms with van der Waals surface area (Å²) in [7, 11) is 0. The molecule has 0 bridgehead atoms. The van der Waals surface area contributed by atoms with Crippen LogP contribution in [0.2, 0.25) is 0 Å². The highest BCUT2D eigenvalue weighted by Gasteiger charge is 2.25. The fraction of sp³-hybridized carbons (Fsp3) is 0.602. The van der Waals surface area contributed by atoms with Gasteiger partial charge in [0.1, 0.15) is 40.3 Å². The van der Waals surface area contributed by atoms with Crippen molar-refractivity contribution in [2.75, 3.05) is 39.6 Å². The third kappa shape index (κ3) is 40.9. The average molecular weight is 1630 g/mol. The molecule has 6 saturated carbocycles. The number of nitrogens with one attached hydrogen (secondary N) is 1. The van der Waals surface area contributed by atoms with Gasteiger partial charge in [-0.25, -0.2) is 4.39 Å². The maximum absolute atomic E-state index is 13.5. The number of aliphatic hydroxyl groups is 7. The molecule has 118 heavy (non-hydrogen) atoms. The Morgan fingerprint density at radius 2 is 0.720 bits per heavy atom. The van der Waals surface area contributed by atoms with Gasteiger partial charge in [-0.05, 0) is 271 Å². The van der Waals surface area contributed by atoms with Gasteiger partial charge in [-0.3, -0.25) is 0 Å². The van der Waals surface area contributed by atoms with E-state index in [9.17, 15) is 40.1 Å². The van der Waals surface area contributed by atoms with Crippen LogP contribution in [0.3, 0.4) is 0 Å². The predicted octanol–water partition coefficient (Wildman–Crippen LogP) is 24.7. The number of ether oxygens (including phenoxy) is 6. The summed E-state index contributed by atoms with van der Waals surface area (Å²) in [6.07, 6.45) is 40.9. The summed E-state index contributed by atoms with van der Waals surface area (Å²) in [6.45, 7) is 16.4. The number of allylic oxidation sites excluding steroid dienone is 1. The van der Waals surface area contributed by atoms with E-state index >= 15 is 0 Å². The third-order valence-electron chi connectivity index (χ3n) is 23.2. The summed E-state index contributed by atoms with van der Waals surface area (Å²) in [4.78, 5) is 0. The van der Waals surface area contributed by atoms with E-state index in [1.807, 2.05) is 140 Å². The van der Waals surface area contributed by atoms with Crippen molar-refractivity contribution >= 4 is 11.8 Å². The smallest absolute Gasteiger partial charge is 0.127 e. The maximum atomic E-state index is 13.5. The molecule has 0 heterocycles. The Kier molecular flexibility index (Phi) is 49.5. The second kappa shape index (κ2) is 58.7. The second-order valence-corrected chi connectivity index (χ2v) is 33.9. The van der Waals surface area contributed by atoms with Crippen molar-refractivity contribution in [2.45, 2.75) is 323 Å². The third-order valence-corrected chi connectivity index (χ3v) is 23.2. The molecule has 8 N–H and O–H groups in total. The Hall–Kier alpha value is -7.26. The van der Waals surface area contributed by atoms with Crippen LogP contribution in [0.4, 0.5) is 4.39 Å². The van der Waals surface area contributed by atoms with Crippen LogP contribution in [0.15, 0.2) is 146 Å². The zero-order valence-electron chi connectivity index (χ0n) is 72.1. The fourth-order valence-electron chi connectivity index (χ4n) is 16.4. The molecule has 12 rings (SSSR count). The van der Waals surface area contributed by atoms with Gasteiger partial charge >= 0.3 is 0 Å². The van der Waals surface area contributed by atoms with Crippen LogP contribution in [0.25, 0.3) is 6.08 Å². The van der Waals surface area contributed by atoms with E-state index in [0.29, 0.717) is 67.3 Å². The molecular formula is C103H152FNO13. The number of rotatable bonds is 32. The van der Waals surface area contributed by atoms with Crippen molar-refractivity contribution in [3.8, 4) is 46.3 Å². The van der Waals surface area contributed by atoms with Crippen LogP contribution < -0.4 is 28.4 Å². The molecule has 0 spiro atoms. The van der Waals surface area contributed by atoms with Crippen molar-refractivity contribution in [3.05, 3.63) is 185 Å². The SMILES string of the molecule is C.CC(=N)CC(O)c1cccc(OCC2CCCCC2)c1.CC/C=C/c1cc(F)cc(OCC2CCCCC2)c1.CCC#Cc1cccc(OCC2CCCCC2)c1.CCC[C@@H](O)c1cccc(OC[C@@H]2CCC[C@@H](O)C2)c1.CCC[C@@H](O)c1cccc(OC[C@@H]2CCC[C@H](O)C2)c1.CCC[C@@H](O)c1cccc(OC[C@H]2CCC[C@@H](O)C2)c1. The van der Waals surface area contributed by atoms with E-state index in [-0.39, 0.29) is 31.6 Å². The fourth-order valence-corrected chi connectivity index (χ4v) is 16.4. The van der Waals surface area contributed by atoms with E-state index in [2.05, 4.69) is 46.5 Å². The molecule has 654 valence electrons. The number of hydrogen-bond donors (Lipinski definition) is 8.